The molecule has 1 aliphatic heterocycles. The summed E-state index contributed by atoms with van der Waals surface area (Å²) in [4.78, 5) is 23.4. The van der Waals surface area contributed by atoms with Gasteiger partial charge < -0.3 is 20.5 Å². The number of halogens is 3. The molecule has 11 heteroatoms. The Kier molecular flexibility index (Phi) is 8.63. The van der Waals surface area contributed by atoms with E-state index in [9.17, 15) is 13.6 Å². The molecule has 1 aliphatic rings. The molecule has 3 N–H and O–H groups in total. The standard InChI is InChI=1S/C25H26ClF2N5O3/c26-22-18(19(27)4-5-20(22)28)6-11-36-25-23(29)31-15-21(32-25)16-2-1-3-17(14-16)24(34)30-7-8-33-9-12-35-13-10-33/h1-5,14-15H,6-13H2,(H2,29,31)(H,30,34). The SMILES string of the molecule is Nc1ncc(-c2cccc(C(=O)NCCN3CCOCC3)c2)nc1OCCc1c(F)ccc(F)c1Cl. The molecule has 0 atom stereocenters. The molecule has 0 radical (unpaired) electrons. The Hall–Kier alpha value is -3.34. The summed E-state index contributed by atoms with van der Waals surface area (Å²) in [6.45, 7) is 4.36. The van der Waals surface area contributed by atoms with E-state index < -0.39 is 11.6 Å². The first-order valence-electron chi connectivity index (χ1n) is 11.5. The first-order chi connectivity index (χ1) is 17.4. The van der Waals surface area contributed by atoms with Gasteiger partial charge in [-0.05, 0) is 24.3 Å². The number of hydrogen-bond donors (Lipinski definition) is 2. The molecule has 0 bridgehead atoms. The zero-order valence-corrected chi connectivity index (χ0v) is 20.2. The first kappa shape index (κ1) is 25.7. The molecule has 4 rings (SSSR count). The van der Waals surface area contributed by atoms with Gasteiger partial charge in [-0.15, -0.1) is 0 Å². The number of nitrogens with zero attached hydrogens (tertiary/aromatic N) is 3. The summed E-state index contributed by atoms with van der Waals surface area (Å²) in [6, 6.07) is 8.93. The number of carbonyl (C=O) groups excluding carboxylic acids is 1. The number of nitrogens with one attached hydrogen (secondary N) is 1. The summed E-state index contributed by atoms with van der Waals surface area (Å²) in [6.07, 6.45) is 1.48. The molecule has 2 aromatic carbocycles. The van der Waals surface area contributed by atoms with Gasteiger partial charge in [0.2, 0.25) is 0 Å². The van der Waals surface area contributed by atoms with Crippen molar-refractivity contribution in [2.24, 2.45) is 0 Å². The van der Waals surface area contributed by atoms with Crippen molar-refractivity contribution in [3.8, 4) is 17.1 Å². The van der Waals surface area contributed by atoms with Crippen LogP contribution in [0, 0.1) is 11.6 Å². The van der Waals surface area contributed by atoms with E-state index in [1.54, 1.807) is 24.3 Å². The molecule has 1 saturated heterocycles. The topological polar surface area (TPSA) is 103 Å². The molecule has 1 aromatic heterocycles. The van der Waals surface area contributed by atoms with E-state index in [0.717, 1.165) is 31.8 Å². The smallest absolute Gasteiger partial charge is 0.257 e. The minimum Gasteiger partial charge on any atom is -0.475 e. The number of carbonyl (C=O) groups is 1. The quantitative estimate of drug-likeness (QED) is 0.420. The maximum atomic E-state index is 14.0. The van der Waals surface area contributed by atoms with Gasteiger partial charge in [0.15, 0.2) is 5.82 Å². The molecule has 0 saturated carbocycles. The summed E-state index contributed by atoms with van der Waals surface area (Å²) in [7, 11) is 0. The molecular weight excluding hydrogens is 492 g/mol. The third-order valence-corrected chi connectivity index (χ3v) is 6.14. The van der Waals surface area contributed by atoms with Crippen molar-refractivity contribution in [3.05, 3.63) is 70.4 Å². The number of aromatic nitrogens is 2. The van der Waals surface area contributed by atoms with Crippen LogP contribution in [-0.2, 0) is 11.2 Å². The van der Waals surface area contributed by atoms with Gasteiger partial charge in [0.1, 0.15) is 11.6 Å². The van der Waals surface area contributed by atoms with E-state index in [0.29, 0.717) is 36.6 Å². The van der Waals surface area contributed by atoms with Crippen molar-refractivity contribution in [1.82, 2.24) is 20.2 Å². The number of nitrogen functional groups attached to an aromatic ring is 1. The highest BCUT2D eigenvalue weighted by molar-refractivity contribution is 6.31. The van der Waals surface area contributed by atoms with E-state index in [1.165, 1.54) is 6.20 Å². The molecular formula is C25H26ClF2N5O3. The second-order valence-electron chi connectivity index (χ2n) is 8.16. The van der Waals surface area contributed by atoms with Crippen LogP contribution in [0.15, 0.2) is 42.6 Å². The normalized spacial score (nSPS) is 14.0. The monoisotopic (exact) mass is 517 g/mol. The van der Waals surface area contributed by atoms with Crippen molar-refractivity contribution >= 4 is 23.3 Å². The number of ether oxygens (including phenoxy) is 2. The van der Waals surface area contributed by atoms with Crippen LogP contribution in [0.25, 0.3) is 11.3 Å². The fraction of sp³-hybridized carbons (Fsp3) is 0.320. The van der Waals surface area contributed by atoms with Crippen LogP contribution in [0.4, 0.5) is 14.6 Å². The Labute approximate surface area is 212 Å². The Bertz CT molecular complexity index is 1220. The van der Waals surface area contributed by atoms with E-state index >= 15 is 0 Å². The van der Waals surface area contributed by atoms with Crippen molar-refractivity contribution in [1.29, 1.82) is 0 Å². The summed E-state index contributed by atoms with van der Waals surface area (Å²) in [5.74, 6) is -1.45. The Balaban J connectivity index is 1.39. The van der Waals surface area contributed by atoms with Crippen LogP contribution in [0.3, 0.4) is 0 Å². The predicted molar refractivity (Wildman–Crippen MR) is 132 cm³/mol. The third kappa shape index (κ3) is 6.45. The number of benzene rings is 2. The summed E-state index contributed by atoms with van der Waals surface area (Å²) in [5.41, 5.74) is 7.46. The number of anilines is 1. The highest BCUT2D eigenvalue weighted by Crippen LogP contribution is 2.26. The molecule has 2 heterocycles. The molecule has 0 unspecified atom stereocenters. The average Bonchev–Trinajstić information content (AvgIpc) is 2.90. The predicted octanol–water partition coefficient (Wildman–Crippen LogP) is 3.34. The number of nitrogens with two attached hydrogens (primary N) is 1. The van der Waals surface area contributed by atoms with Crippen molar-refractivity contribution in [3.63, 3.8) is 0 Å². The van der Waals surface area contributed by atoms with Crippen LogP contribution in [0.5, 0.6) is 5.88 Å². The Morgan fingerprint density at radius 3 is 2.78 bits per heavy atom. The largest absolute Gasteiger partial charge is 0.475 e. The molecule has 1 fully saturated rings. The van der Waals surface area contributed by atoms with Gasteiger partial charge in [0.05, 0.1) is 36.7 Å². The maximum Gasteiger partial charge on any atom is 0.257 e. The molecule has 3 aromatic rings. The number of rotatable bonds is 9. The van der Waals surface area contributed by atoms with Crippen molar-refractivity contribution in [2.75, 3.05) is 51.7 Å². The molecule has 0 aliphatic carbocycles. The minimum absolute atomic E-state index is 0.00619. The Morgan fingerprint density at radius 1 is 1.19 bits per heavy atom. The Morgan fingerprint density at radius 2 is 1.97 bits per heavy atom. The highest BCUT2D eigenvalue weighted by Gasteiger charge is 2.15. The molecule has 1 amide bonds. The lowest BCUT2D eigenvalue weighted by Crippen LogP contribution is -2.41. The van der Waals surface area contributed by atoms with Crippen LogP contribution < -0.4 is 15.8 Å². The van der Waals surface area contributed by atoms with Gasteiger partial charge in [0, 0.05) is 49.3 Å². The average molecular weight is 518 g/mol. The van der Waals surface area contributed by atoms with Gasteiger partial charge in [-0.25, -0.2) is 18.7 Å². The molecule has 190 valence electrons. The first-order valence-corrected chi connectivity index (χ1v) is 11.9. The molecule has 8 nitrogen and oxygen atoms in total. The van der Waals surface area contributed by atoms with Crippen molar-refractivity contribution < 1.29 is 23.0 Å². The zero-order valence-electron chi connectivity index (χ0n) is 19.5. The fourth-order valence-corrected chi connectivity index (χ4v) is 4.00. The molecule has 0 spiro atoms. The lowest BCUT2D eigenvalue weighted by molar-refractivity contribution is 0.0383. The fourth-order valence-electron chi connectivity index (χ4n) is 3.75. The third-order valence-electron chi connectivity index (χ3n) is 5.73. The lowest BCUT2D eigenvalue weighted by Gasteiger charge is -2.26. The second-order valence-corrected chi connectivity index (χ2v) is 8.53. The zero-order chi connectivity index (χ0) is 25.5. The highest BCUT2D eigenvalue weighted by atomic mass is 35.5. The van der Waals surface area contributed by atoms with E-state index in [4.69, 9.17) is 26.8 Å². The van der Waals surface area contributed by atoms with Crippen LogP contribution in [-0.4, -0.2) is 66.8 Å². The van der Waals surface area contributed by atoms with Gasteiger partial charge >= 0.3 is 0 Å². The minimum atomic E-state index is -0.709. The summed E-state index contributed by atoms with van der Waals surface area (Å²) in [5, 5.41) is 2.65. The number of amides is 1. The van der Waals surface area contributed by atoms with Gasteiger partial charge in [-0.2, -0.15) is 0 Å². The van der Waals surface area contributed by atoms with Crippen LogP contribution in [0.1, 0.15) is 15.9 Å². The summed E-state index contributed by atoms with van der Waals surface area (Å²) < 4.78 is 38.6. The van der Waals surface area contributed by atoms with Gasteiger partial charge in [-0.1, -0.05) is 23.7 Å². The second kappa shape index (κ2) is 12.1. The van der Waals surface area contributed by atoms with Gasteiger partial charge in [-0.3, -0.25) is 9.69 Å². The van der Waals surface area contributed by atoms with Gasteiger partial charge in [0.25, 0.3) is 11.8 Å². The summed E-state index contributed by atoms with van der Waals surface area (Å²) >= 11 is 5.87. The van der Waals surface area contributed by atoms with E-state index in [1.807, 2.05) is 0 Å². The van der Waals surface area contributed by atoms with E-state index in [-0.39, 0.29) is 41.2 Å². The van der Waals surface area contributed by atoms with Crippen LogP contribution in [0.2, 0.25) is 5.02 Å². The maximum absolute atomic E-state index is 14.0. The number of morpholine rings is 1. The van der Waals surface area contributed by atoms with Crippen LogP contribution >= 0.6 is 11.6 Å². The molecule has 36 heavy (non-hydrogen) atoms. The lowest BCUT2D eigenvalue weighted by atomic mass is 10.1. The van der Waals surface area contributed by atoms with E-state index in [2.05, 4.69) is 20.2 Å². The number of hydrogen-bond acceptors (Lipinski definition) is 7. The van der Waals surface area contributed by atoms with Crippen molar-refractivity contribution in [2.45, 2.75) is 6.42 Å².